The van der Waals surface area contributed by atoms with E-state index in [-0.39, 0.29) is 5.92 Å². The molecule has 1 aromatic rings. The molecule has 3 heterocycles. The normalized spacial score (nSPS) is 26.1. The van der Waals surface area contributed by atoms with Crippen molar-refractivity contribution in [1.82, 2.24) is 15.1 Å². The van der Waals surface area contributed by atoms with Crippen molar-refractivity contribution < 1.29 is 4.79 Å². The van der Waals surface area contributed by atoms with E-state index in [4.69, 9.17) is 0 Å². The minimum atomic E-state index is 0.113. The van der Waals surface area contributed by atoms with Gasteiger partial charge in [-0.15, -0.1) is 5.10 Å². The lowest BCUT2D eigenvalue weighted by Gasteiger charge is -2.38. The Morgan fingerprint density at radius 3 is 2.68 bits per heavy atom. The third-order valence-corrected chi connectivity index (χ3v) is 4.85. The van der Waals surface area contributed by atoms with Crippen LogP contribution in [0.15, 0.2) is 12.1 Å². The van der Waals surface area contributed by atoms with Gasteiger partial charge in [-0.25, -0.2) is 0 Å². The van der Waals surface area contributed by atoms with Crippen molar-refractivity contribution in [1.29, 1.82) is 0 Å². The second-order valence-corrected chi connectivity index (χ2v) is 6.85. The summed E-state index contributed by atoms with van der Waals surface area (Å²) in [7, 11) is 0. The standard InChI is InChI=1S/C17H26N4O/c1-13-5-3-10-21(11-13)17(22)15-6-4-9-20(12-15)16-8-7-14(2)18-19-16/h7-8,13,15H,3-6,9-12H2,1-2H3. The van der Waals surface area contributed by atoms with Gasteiger partial charge in [0.05, 0.1) is 11.6 Å². The molecule has 0 bridgehead atoms. The Hall–Kier alpha value is -1.65. The van der Waals surface area contributed by atoms with Crippen LogP contribution in [0.25, 0.3) is 0 Å². The largest absolute Gasteiger partial charge is 0.354 e. The maximum Gasteiger partial charge on any atom is 0.227 e. The Balaban J connectivity index is 1.64. The number of carbonyl (C=O) groups is 1. The Morgan fingerprint density at radius 1 is 1.14 bits per heavy atom. The summed E-state index contributed by atoms with van der Waals surface area (Å²) in [6.45, 7) is 7.80. The first kappa shape index (κ1) is 15.3. The van der Waals surface area contributed by atoms with Gasteiger partial charge in [0.25, 0.3) is 0 Å². The number of amides is 1. The molecule has 2 unspecified atom stereocenters. The fourth-order valence-electron chi connectivity index (χ4n) is 3.60. The number of carbonyl (C=O) groups excluding carboxylic acids is 1. The third-order valence-electron chi connectivity index (χ3n) is 4.85. The van der Waals surface area contributed by atoms with E-state index in [0.29, 0.717) is 11.8 Å². The topological polar surface area (TPSA) is 49.3 Å². The molecule has 0 radical (unpaired) electrons. The van der Waals surface area contributed by atoms with E-state index in [1.54, 1.807) is 0 Å². The molecule has 0 aliphatic carbocycles. The second-order valence-electron chi connectivity index (χ2n) is 6.85. The zero-order valence-electron chi connectivity index (χ0n) is 13.7. The van der Waals surface area contributed by atoms with Gasteiger partial charge in [-0.05, 0) is 50.7 Å². The van der Waals surface area contributed by atoms with Gasteiger partial charge in [0, 0.05) is 26.2 Å². The van der Waals surface area contributed by atoms with E-state index in [2.05, 4.69) is 26.9 Å². The number of aryl methyl sites for hydroxylation is 1. The van der Waals surface area contributed by atoms with Gasteiger partial charge >= 0.3 is 0 Å². The summed E-state index contributed by atoms with van der Waals surface area (Å²) >= 11 is 0. The smallest absolute Gasteiger partial charge is 0.227 e. The third kappa shape index (κ3) is 3.39. The predicted molar refractivity (Wildman–Crippen MR) is 86.7 cm³/mol. The molecule has 2 aliphatic heterocycles. The Bertz CT molecular complexity index is 516. The van der Waals surface area contributed by atoms with E-state index >= 15 is 0 Å². The lowest BCUT2D eigenvalue weighted by Crippen LogP contribution is -2.47. The lowest BCUT2D eigenvalue weighted by atomic mass is 9.93. The second kappa shape index (κ2) is 6.63. The summed E-state index contributed by atoms with van der Waals surface area (Å²) in [6.07, 6.45) is 4.45. The molecule has 0 saturated carbocycles. The summed E-state index contributed by atoms with van der Waals surface area (Å²) in [6, 6.07) is 4.00. The van der Waals surface area contributed by atoms with Gasteiger partial charge in [0.15, 0.2) is 5.82 Å². The van der Waals surface area contributed by atoms with Crippen LogP contribution in [0.4, 0.5) is 5.82 Å². The lowest BCUT2D eigenvalue weighted by molar-refractivity contribution is -0.137. The fourth-order valence-corrected chi connectivity index (χ4v) is 3.60. The van der Waals surface area contributed by atoms with Crippen molar-refractivity contribution in [2.45, 2.75) is 39.5 Å². The molecule has 22 heavy (non-hydrogen) atoms. The maximum absolute atomic E-state index is 12.8. The Labute approximate surface area is 132 Å². The van der Waals surface area contributed by atoms with Crippen LogP contribution in [0.3, 0.4) is 0 Å². The van der Waals surface area contributed by atoms with Crippen molar-refractivity contribution in [2.24, 2.45) is 11.8 Å². The quantitative estimate of drug-likeness (QED) is 0.841. The van der Waals surface area contributed by atoms with Crippen LogP contribution < -0.4 is 4.90 Å². The van der Waals surface area contributed by atoms with Crippen LogP contribution in [0, 0.1) is 18.8 Å². The number of rotatable bonds is 2. The highest BCUT2D eigenvalue weighted by Crippen LogP contribution is 2.25. The molecule has 0 N–H and O–H groups in total. The summed E-state index contributed by atoms with van der Waals surface area (Å²) < 4.78 is 0. The first-order valence-electron chi connectivity index (χ1n) is 8.47. The molecule has 5 nitrogen and oxygen atoms in total. The van der Waals surface area contributed by atoms with Gasteiger partial charge in [0.2, 0.25) is 5.91 Å². The number of likely N-dealkylation sites (tertiary alicyclic amines) is 1. The zero-order valence-corrected chi connectivity index (χ0v) is 13.7. The van der Waals surface area contributed by atoms with Crippen LogP contribution in [0.1, 0.15) is 38.3 Å². The molecule has 2 atom stereocenters. The number of hydrogen-bond acceptors (Lipinski definition) is 4. The molecule has 0 aromatic carbocycles. The minimum Gasteiger partial charge on any atom is -0.354 e. The average Bonchev–Trinajstić information content (AvgIpc) is 2.55. The molecule has 2 fully saturated rings. The van der Waals surface area contributed by atoms with Crippen LogP contribution >= 0.6 is 0 Å². The fraction of sp³-hybridized carbons (Fsp3) is 0.706. The van der Waals surface area contributed by atoms with Crippen molar-refractivity contribution in [3.63, 3.8) is 0 Å². The number of piperidine rings is 2. The van der Waals surface area contributed by atoms with Crippen LogP contribution in [0.5, 0.6) is 0 Å². The number of nitrogens with zero attached hydrogens (tertiary/aromatic N) is 4. The highest BCUT2D eigenvalue weighted by atomic mass is 16.2. The van der Waals surface area contributed by atoms with E-state index in [1.165, 1.54) is 6.42 Å². The highest BCUT2D eigenvalue weighted by Gasteiger charge is 2.31. The van der Waals surface area contributed by atoms with E-state index in [9.17, 15) is 4.79 Å². The van der Waals surface area contributed by atoms with Crippen LogP contribution in [-0.4, -0.2) is 47.2 Å². The molecule has 2 aliphatic rings. The first-order valence-corrected chi connectivity index (χ1v) is 8.47. The molecule has 2 saturated heterocycles. The molecule has 1 aromatic heterocycles. The van der Waals surface area contributed by atoms with Crippen molar-refractivity contribution >= 4 is 11.7 Å². The van der Waals surface area contributed by atoms with Gasteiger partial charge in [-0.3, -0.25) is 4.79 Å². The Morgan fingerprint density at radius 2 is 1.95 bits per heavy atom. The summed E-state index contributed by atoms with van der Waals surface area (Å²) in [4.78, 5) is 17.1. The summed E-state index contributed by atoms with van der Waals surface area (Å²) in [5, 5.41) is 8.41. The van der Waals surface area contributed by atoms with Crippen molar-refractivity contribution in [3.05, 3.63) is 17.8 Å². The Kier molecular flexibility index (Phi) is 4.60. The molecular formula is C17H26N4O. The number of hydrogen-bond donors (Lipinski definition) is 0. The van der Waals surface area contributed by atoms with Crippen molar-refractivity contribution in [2.75, 3.05) is 31.1 Å². The van der Waals surface area contributed by atoms with Crippen LogP contribution in [0.2, 0.25) is 0 Å². The molecule has 120 valence electrons. The van der Waals surface area contributed by atoms with Gasteiger partial charge in [0.1, 0.15) is 0 Å². The van der Waals surface area contributed by atoms with Gasteiger partial charge in [-0.1, -0.05) is 6.92 Å². The minimum absolute atomic E-state index is 0.113. The van der Waals surface area contributed by atoms with E-state index in [1.807, 2.05) is 19.1 Å². The van der Waals surface area contributed by atoms with Gasteiger partial charge < -0.3 is 9.80 Å². The summed E-state index contributed by atoms with van der Waals surface area (Å²) in [5.41, 5.74) is 0.927. The van der Waals surface area contributed by atoms with Gasteiger partial charge in [-0.2, -0.15) is 5.10 Å². The molecule has 1 amide bonds. The number of anilines is 1. The highest BCUT2D eigenvalue weighted by molar-refractivity contribution is 5.79. The van der Waals surface area contributed by atoms with Crippen LogP contribution in [-0.2, 0) is 4.79 Å². The maximum atomic E-state index is 12.8. The molecule has 0 spiro atoms. The average molecular weight is 302 g/mol. The summed E-state index contributed by atoms with van der Waals surface area (Å²) in [5.74, 6) is 1.99. The molecule has 5 heteroatoms. The molecular weight excluding hydrogens is 276 g/mol. The first-order chi connectivity index (χ1) is 10.6. The van der Waals surface area contributed by atoms with Crippen molar-refractivity contribution in [3.8, 4) is 0 Å². The monoisotopic (exact) mass is 302 g/mol. The zero-order chi connectivity index (χ0) is 15.5. The number of aromatic nitrogens is 2. The predicted octanol–water partition coefficient (Wildman–Crippen LogP) is 2.26. The molecule has 3 rings (SSSR count). The van der Waals surface area contributed by atoms with E-state index < -0.39 is 0 Å². The SMILES string of the molecule is Cc1ccc(N2CCCC(C(=O)N3CCCC(C)C3)C2)nn1. The van der Waals surface area contributed by atoms with E-state index in [0.717, 1.165) is 57.0 Å².